The van der Waals surface area contributed by atoms with Crippen molar-refractivity contribution in [2.24, 2.45) is 5.92 Å². The molecule has 184 valence electrons. The minimum Gasteiger partial charge on any atom is -0.454 e. The van der Waals surface area contributed by atoms with Crippen LogP contribution in [-0.4, -0.2) is 46.2 Å². The fraction of sp³-hybridized carbons (Fsp3) is 0.273. The smallest absolute Gasteiger partial charge is 0.418 e. The summed E-state index contributed by atoms with van der Waals surface area (Å²) >= 11 is 0. The highest BCUT2D eigenvalue weighted by atomic mass is 19.4. The number of esters is 1. The lowest BCUT2D eigenvalue weighted by molar-refractivity contribution is -0.385. The van der Waals surface area contributed by atoms with E-state index in [1.54, 1.807) is 26.0 Å². The molecule has 0 aliphatic carbocycles. The Kier molecular flexibility index (Phi) is 6.89. The number of nitro groups is 1. The maximum atomic E-state index is 13.3. The van der Waals surface area contributed by atoms with Gasteiger partial charge >= 0.3 is 12.1 Å². The summed E-state index contributed by atoms with van der Waals surface area (Å²) in [6.07, 6.45) is -5.01. The zero-order valence-electron chi connectivity index (χ0n) is 18.3. The molecule has 0 saturated carbocycles. The SMILES string of the molecule is CC(C)C(C(=O)OCC(=O)Nc1ccc([N+](=O)[O-])cc1C(F)(F)F)N1C(=O)c2ccccc2C1=O. The Bertz CT molecular complexity index is 1190. The number of halogens is 3. The van der Waals surface area contributed by atoms with E-state index in [9.17, 15) is 42.5 Å². The molecule has 1 heterocycles. The molecule has 10 nitrogen and oxygen atoms in total. The summed E-state index contributed by atoms with van der Waals surface area (Å²) in [7, 11) is 0. The van der Waals surface area contributed by atoms with E-state index < -0.39 is 70.3 Å². The number of hydrogen-bond donors (Lipinski definition) is 1. The van der Waals surface area contributed by atoms with Crippen LogP contribution in [0, 0.1) is 16.0 Å². The Morgan fingerprint density at radius 1 is 1.09 bits per heavy atom. The summed E-state index contributed by atoms with van der Waals surface area (Å²) in [4.78, 5) is 60.8. The molecule has 0 aromatic heterocycles. The number of anilines is 1. The summed E-state index contributed by atoms with van der Waals surface area (Å²) < 4.78 is 44.8. The van der Waals surface area contributed by atoms with E-state index in [1.165, 1.54) is 12.1 Å². The number of carbonyl (C=O) groups excluding carboxylic acids is 4. The molecule has 3 rings (SSSR count). The standard InChI is InChI=1S/C22H18F3N3O7/c1-11(2)18(27-19(30)13-5-3-4-6-14(13)20(27)31)21(32)35-10-17(29)26-16-8-7-12(28(33)34)9-15(16)22(23,24)25/h3-9,11,18H,10H2,1-2H3,(H,26,29). The topological polar surface area (TPSA) is 136 Å². The maximum absolute atomic E-state index is 13.3. The first-order valence-electron chi connectivity index (χ1n) is 10.1. The third kappa shape index (κ3) is 5.13. The molecule has 13 heteroatoms. The molecular formula is C22H18F3N3O7. The number of nitrogens with zero attached hydrogens (tertiary/aromatic N) is 2. The minimum atomic E-state index is -5.01. The van der Waals surface area contributed by atoms with Gasteiger partial charge < -0.3 is 10.1 Å². The largest absolute Gasteiger partial charge is 0.454 e. The van der Waals surface area contributed by atoms with E-state index in [2.05, 4.69) is 0 Å². The van der Waals surface area contributed by atoms with Crippen LogP contribution in [0.3, 0.4) is 0 Å². The average Bonchev–Trinajstić information content (AvgIpc) is 3.02. The molecule has 1 aliphatic heterocycles. The van der Waals surface area contributed by atoms with Gasteiger partial charge in [-0.25, -0.2) is 4.79 Å². The normalized spacial score (nSPS) is 14.1. The van der Waals surface area contributed by atoms with Crippen LogP contribution in [-0.2, 0) is 20.5 Å². The van der Waals surface area contributed by atoms with Gasteiger partial charge in [-0.1, -0.05) is 26.0 Å². The van der Waals surface area contributed by atoms with Crippen molar-refractivity contribution in [3.05, 3.63) is 69.3 Å². The van der Waals surface area contributed by atoms with Gasteiger partial charge in [0, 0.05) is 12.1 Å². The van der Waals surface area contributed by atoms with Crippen LogP contribution in [0.5, 0.6) is 0 Å². The van der Waals surface area contributed by atoms with Gasteiger partial charge in [0.15, 0.2) is 6.61 Å². The van der Waals surface area contributed by atoms with Gasteiger partial charge in [-0.2, -0.15) is 13.2 Å². The van der Waals surface area contributed by atoms with Crippen molar-refractivity contribution in [3.63, 3.8) is 0 Å². The van der Waals surface area contributed by atoms with Gasteiger partial charge in [-0.3, -0.25) is 29.4 Å². The number of non-ortho nitro benzene ring substituents is 1. The summed E-state index contributed by atoms with van der Waals surface area (Å²) in [5.41, 5.74) is -2.86. The molecule has 2 aromatic rings. The zero-order chi connectivity index (χ0) is 26.1. The van der Waals surface area contributed by atoms with E-state index in [1.807, 2.05) is 5.32 Å². The average molecular weight is 493 g/mol. The van der Waals surface area contributed by atoms with Gasteiger partial charge in [0.2, 0.25) is 0 Å². The first-order chi connectivity index (χ1) is 16.3. The number of amides is 3. The molecule has 1 N–H and O–H groups in total. The molecule has 1 aliphatic rings. The molecule has 0 bridgehead atoms. The van der Waals surface area contributed by atoms with Crippen molar-refractivity contribution in [3.8, 4) is 0 Å². The Labute approximate surface area is 195 Å². The van der Waals surface area contributed by atoms with Crippen molar-refractivity contribution >= 4 is 35.1 Å². The number of hydrogen-bond acceptors (Lipinski definition) is 7. The molecule has 0 spiro atoms. The Hall–Kier alpha value is -4.29. The monoisotopic (exact) mass is 493 g/mol. The molecule has 3 amide bonds. The number of nitro benzene ring substituents is 1. The lowest BCUT2D eigenvalue weighted by Crippen LogP contribution is -2.49. The van der Waals surface area contributed by atoms with E-state index in [-0.39, 0.29) is 17.2 Å². The molecule has 0 fully saturated rings. The second-order valence-corrected chi connectivity index (χ2v) is 7.86. The number of benzene rings is 2. The molecule has 1 unspecified atom stereocenters. The van der Waals surface area contributed by atoms with Crippen LogP contribution in [0.1, 0.15) is 40.1 Å². The fourth-order valence-corrected chi connectivity index (χ4v) is 3.53. The second kappa shape index (κ2) is 9.52. The molecular weight excluding hydrogens is 475 g/mol. The summed E-state index contributed by atoms with van der Waals surface area (Å²) in [6, 6.07) is 6.30. The van der Waals surface area contributed by atoms with Crippen molar-refractivity contribution in [1.29, 1.82) is 0 Å². The number of fused-ring (bicyclic) bond motifs is 1. The van der Waals surface area contributed by atoms with Crippen LogP contribution in [0.2, 0.25) is 0 Å². The Morgan fingerprint density at radius 3 is 2.14 bits per heavy atom. The number of imide groups is 1. The molecule has 0 saturated heterocycles. The third-order valence-electron chi connectivity index (χ3n) is 5.12. The third-order valence-corrected chi connectivity index (χ3v) is 5.12. The predicted octanol–water partition coefficient (Wildman–Crippen LogP) is 3.42. The number of nitrogens with one attached hydrogen (secondary N) is 1. The number of alkyl halides is 3. The van der Waals surface area contributed by atoms with Crippen molar-refractivity contribution in [1.82, 2.24) is 4.90 Å². The van der Waals surface area contributed by atoms with Gasteiger partial charge in [0.25, 0.3) is 23.4 Å². The van der Waals surface area contributed by atoms with Gasteiger partial charge in [-0.05, 0) is 24.1 Å². The Balaban J connectivity index is 1.73. The van der Waals surface area contributed by atoms with Crippen LogP contribution in [0.4, 0.5) is 24.5 Å². The predicted molar refractivity (Wildman–Crippen MR) is 113 cm³/mol. The van der Waals surface area contributed by atoms with Crippen molar-refractivity contribution < 1.29 is 42.0 Å². The maximum Gasteiger partial charge on any atom is 0.418 e. The number of carbonyl (C=O) groups is 4. The van der Waals surface area contributed by atoms with E-state index in [0.29, 0.717) is 6.07 Å². The zero-order valence-corrected chi connectivity index (χ0v) is 18.3. The van der Waals surface area contributed by atoms with Crippen LogP contribution in [0.25, 0.3) is 0 Å². The number of ether oxygens (including phenoxy) is 1. The van der Waals surface area contributed by atoms with Gasteiger partial charge in [0.05, 0.1) is 27.3 Å². The minimum absolute atomic E-state index is 0.103. The Morgan fingerprint density at radius 2 is 1.66 bits per heavy atom. The molecule has 0 radical (unpaired) electrons. The quantitative estimate of drug-likeness (QED) is 0.270. The van der Waals surface area contributed by atoms with Crippen molar-refractivity contribution in [2.45, 2.75) is 26.1 Å². The van der Waals surface area contributed by atoms with E-state index >= 15 is 0 Å². The molecule has 35 heavy (non-hydrogen) atoms. The highest BCUT2D eigenvalue weighted by Gasteiger charge is 2.44. The lowest BCUT2D eigenvalue weighted by Gasteiger charge is -2.27. The van der Waals surface area contributed by atoms with Crippen LogP contribution >= 0.6 is 0 Å². The molecule has 1 atom stereocenters. The van der Waals surface area contributed by atoms with E-state index in [4.69, 9.17) is 4.74 Å². The van der Waals surface area contributed by atoms with Crippen molar-refractivity contribution in [2.75, 3.05) is 11.9 Å². The lowest BCUT2D eigenvalue weighted by atomic mass is 10.0. The molecule has 2 aromatic carbocycles. The fourth-order valence-electron chi connectivity index (χ4n) is 3.53. The van der Waals surface area contributed by atoms with Crippen LogP contribution in [0.15, 0.2) is 42.5 Å². The van der Waals surface area contributed by atoms with E-state index in [0.717, 1.165) is 11.0 Å². The van der Waals surface area contributed by atoms with Gasteiger partial charge in [-0.15, -0.1) is 0 Å². The highest BCUT2D eigenvalue weighted by Crippen LogP contribution is 2.37. The second-order valence-electron chi connectivity index (χ2n) is 7.86. The first kappa shape index (κ1) is 25.3. The summed E-state index contributed by atoms with van der Waals surface area (Å²) in [5.74, 6) is -4.32. The first-order valence-corrected chi connectivity index (χ1v) is 10.1. The summed E-state index contributed by atoms with van der Waals surface area (Å²) in [6.45, 7) is 2.06. The number of rotatable bonds is 7. The summed E-state index contributed by atoms with van der Waals surface area (Å²) in [5, 5.41) is 12.7. The van der Waals surface area contributed by atoms with Gasteiger partial charge in [0.1, 0.15) is 6.04 Å². The highest BCUT2D eigenvalue weighted by molar-refractivity contribution is 6.22. The van der Waals surface area contributed by atoms with Crippen LogP contribution < -0.4 is 5.32 Å².